The van der Waals surface area contributed by atoms with Crippen LogP contribution in [-0.4, -0.2) is 60.6 Å². The number of ether oxygens (including phenoxy) is 1. The Morgan fingerprint density at radius 1 is 1.20 bits per heavy atom. The maximum atomic E-state index is 11.2. The normalized spacial score (nSPS) is 16.7. The molecule has 15 heavy (non-hydrogen) atoms. The molecule has 1 heterocycles. The summed E-state index contributed by atoms with van der Waals surface area (Å²) in [6.45, 7) is 2.69. The van der Waals surface area contributed by atoms with Crippen LogP contribution >= 0.6 is 0 Å². The van der Waals surface area contributed by atoms with Crippen LogP contribution < -0.4 is 10.6 Å². The van der Waals surface area contributed by atoms with E-state index in [-0.39, 0.29) is 29.6 Å². The first-order valence-corrected chi connectivity index (χ1v) is 4.38. The zero-order valence-electron chi connectivity index (χ0n) is 7.83. The SMILES string of the molecule is CCOCCC1C(=O)NC(=O)NC1=O.[NaH]. The van der Waals surface area contributed by atoms with Gasteiger partial charge in [0.05, 0.1) is 0 Å². The Morgan fingerprint density at radius 3 is 2.20 bits per heavy atom. The second-order valence-corrected chi connectivity index (χ2v) is 2.85. The third kappa shape index (κ3) is 4.29. The van der Waals surface area contributed by atoms with E-state index in [1.807, 2.05) is 17.6 Å². The Labute approximate surface area is 109 Å². The molecule has 0 spiro atoms. The number of barbiturate groups is 1. The topological polar surface area (TPSA) is 84.5 Å². The standard InChI is InChI=1S/C8H12N2O4.Na.H/c1-2-14-4-3-5-6(11)9-8(13)10-7(5)12;;/h5H,2-4H2,1H3,(H2,9,10,11,12,13);;. The molecule has 0 aromatic carbocycles. The van der Waals surface area contributed by atoms with Crippen LogP contribution in [0.25, 0.3) is 0 Å². The second kappa shape index (κ2) is 6.95. The van der Waals surface area contributed by atoms with Gasteiger partial charge in [-0.3, -0.25) is 20.2 Å². The van der Waals surface area contributed by atoms with E-state index in [4.69, 9.17) is 4.74 Å². The van der Waals surface area contributed by atoms with Crippen LogP contribution in [0.5, 0.6) is 0 Å². The third-order valence-electron chi connectivity index (χ3n) is 1.86. The van der Waals surface area contributed by atoms with Gasteiger partial charge in [-0.2, -0.15) is 0 Å². The summed E-state index contributed by atoms with van der Waals surface area (Å²) < 4.78 is 5.01. The van der Waals surface area contributed by atoms with Crippen molar-refractivity contribution in [2.75, 3.05) is 13.2 Å². The van der Waals surface area contributed by atoms with Gasteiger partial charge in [-0.05, 0) is 13.3 Å². The van der Waals surface area contributed by atoms with Crippen molar-refractivity contribution >= 4 is 47.4 Å². The number of hydrogen-bond donors (Lipinski definition) is 2. The van der Waals surface area contributed by atoms with E-state index in [1.165, 1.54) is 0 Å². The molecule has 1 saturated heterocycles. The fourth-order valence-electron chi connectivity index (χ4n) is 1.16. The monoisotopic (exact) mass is 224 g/mol. The van der Waals surface area contributed by atoms with Gasteiger partial charge in [0.2, 0.25) is 11.8 Å². The van der Waals surface area contributed by atoms with Gasteiger partial charge in [-0.15, -0.1) is 0 Å². The number of carbonyl (C=O) groups excluding carboxylic acids is 3. The van der Waals surface area contributed by atoms with Gasteiger partial charge in [-0.1, -0.05) is 0 Å². The number of hydrogen-bond acceptors (Lipinski definition) is 4. The Morgan fingerprint density at radius 2 is 1.73 bits per heavy atom. The molecular weight excluding hydrogens is 211 g/mol. The van der Waals surface area contributed by atoms with Crippen LogP contribution in [0.4, 0.5) is 4.79 Å². The van der Waals surface area contributed by atoms with Gasteiger partial charge in [0.1, 0.15) is 5.92 Å². The Kier molecular flexibility index (Phi) is 6.75. The Bertz CT molecular complexity index is 249. The summed E-state index contributed by atoms with van der Waals surface area (Å²) in [5, 5.41) is 4.04. The molecule has 0 radical (unpaired) electrons. The molecule has 0 aromatic rings. The predicted molar refractivity (Wildman–Crippen MR) is 53.4 cm³/mol. The van der Waals surface area contributed by atoms with Crippen molar-refractivity contribution in [2.24, 2.45) is 5.92 Å². The number of urea groups is 1. The van der Waals surface area contributed by atoms with Crippen LogP contribution in [0.2, 0.25) is 0 Å². The van der Waals surface area contributed by atoms with Gasteiger partial charge >= 0.3 is 35.6 Å². The fourth-order valence-corrected chi connectivity index (χ4v) is 1.16. The van der Waals surface area contributed by atoms with Crippen LogP contribution in [0, 0.1) is 5.92 Å². The van der Waals surface area contributed by atoms with Crippen molar-refractivity contribution in [1.29, 1.82) is 0 Å². The van der Waals surface area contributed by atoms with E-state index in [9.17, 15) is 14.4 Å². The average Bonchev–Trinajstić information content (AvgIpc) is 2.09. The summed E-state index contributed by atoms with van der Waals surface area (Å²) in [7, 11) is 0. The number of carbonyl (C=O) groups is 3. The van der Waals surface area contributed by atoms with Gasteiger partial charge < -0.3 is 4.74 Å². The van der Waals surface area contributed by atoms with E-state index >= 15 is 0 Å². The average molecular weight is 224 g/mol. The molecule has 80 valence electrons. The Balaban J connectivity index is 0.00000196. The molecule has 0 bridgehead atoms. The maximum absolute atomic E-state index is 11.2. The van der Waals surface area contributed by atoms with Gasteiger partial charge in [0, 0.05) is 13.2 Å². The minimum absolute atomic E-state index is 0. The van der Waals surface area contributed by atoms with Gasteiger partial charge in [-0.25, -0.2) is 4.79 Å². The summed E-state index contributed by atoms with van der Waals surface area (Å²) in [4.78, 5) is 33.0. The van der Waals surface area contributed by atoms with E-state index in [2.05, 4.69) is 0 Å². The molecule has 1 aliphatic rings. The molecular formula is C8H13N2NaO4. The first-order valence-electron chi connectivity index (χ1n) is 4.38. The van der Waals surface area contributed by atoms with Crippen molar-refractivity contribution in [1.82, 2.24) is 10.6 Å². The molecule has 7 heteroatoms. The summed E-state index contributed by atoms with van der Waals surface area (Å²) in [6, 6.07) is -0.757. The third-order valence-corrected chi connectivity index (χ3v) is 1.86. The number of imide groups is 2. The molecule has 4 amide bonds. The van der Waals surface area contributed by atoms with Crippen LogP contribution in [0.1, 0.15) is 13.3 Å². The fraction of sp³-hybridized carbons (Fsp3) is 0.625. The molecule has 2 N–H and O–H groups in total. The first kappa shape index (κ1) is 14.6. The molecule has 1 rings (SSSR count). The minimum atomic E-state index is -0.820. The quantitative estimate of drug-likeness (QED) is 0.355. The molecule has 1 aliphatic heterocycles. The Hall–Kier alpha value is -0.430. The second-order valence-electron chi connectivity index (χ2n) is 2.85. The number of amides is 4. The number of rotatable bonds is 4. The number of nitrogens with one attached hydrogen (secondary N) is 2. The van der Waals surface area contributed by atoms with Crippen molar-refractivity contribution in [2.45, 2.75) is 13.3 Å². The van der Waals surface area contributed by atoms with E-state index < -0.39 is 23.8 Å². The molecule has 1 fully saturated rings. The van der Waals surface area contributed by atoms with E-state index in [1.54, 1.807) is 0 Å². The molecule has 0 atom stereocenters. The summed E-state index contributed by atoms with van der Waals surface area (Å²) in [5.74, 6) is -1.93. The predicted octanol–water partition coefficient (Wildman–Crippen LogP) is -1.25. The molecule has 6 nitrogen and oxygen atoms in total. The molecule has 0 saturated carbocycles. The van der Waals surface area contributed by atoms with E-state index in [0.29, 0.717) is 19.6 Å². The summed E-state index contributed by atoms with van der Waals surface area (Å²) in [6.07, 6.45) is 0.290. The van der Waals surface area contributed by atoms with Gasteiger partial charge in [0.25, 0.3) is 0 Å². The zero-order valence-corrected chi connectivity index (χ0v) is 7.83. The van der Waals surface area contributed by atoms with Crippen molar-refractivity contribution in [3.05, 3.63) is 0 Å². The van der Waals surface area contributed by atoms with E-state index in [0.717, 1.165) is 0 Å². The first-order chi connectivity index (χ1) is 6.65. The molecule has 0 aliphatic carbocycles. The summed E-state index contributed by atoms with van der Waals surface area (Å²) >= 11 is 0. The van der Waals surface area contributed by atoms with Crippen LogP contribution in [0.3, 0.4) is 0 Å². The van der Waals surface area contributed by atoms with Crippen molar-refractivity contribution in [3.63, 3.8) is 0 Å². The van der Waals surface area contributed by atoms with Crippen LogP contribution in [-0.2, 0) is 14.3 Å². The van der Waals surface area contributed by atoms with Crippen molar-refractivity contribution < 1.29 is 19.1 Å². The zero-order chi connectivity index (χ0) is 10.6. The molecule has 0 unspecified atom stereocenters. The van der Waals surface area contributed by atoms with Crippen LogP contribution in [0.15, 0.2) is 0 Å². The van der Waals surface area contributed by atoms with Crippen molar-refractivity contribution in [3.8, 4) is 0 Å². The molecule has 0 aromatic heterocycles. The summed E-state index contributed by atoms with van der Waals surface area (Å²) in [5.41, 5.74) is 0. The van der Waals surface area contributed by atoms with Gasteiger partial charge in [0.15, 0.2) is 0 Å².